The molecule has 2 rings (SSSR count). The molecule has 0 radical (unpaired) electrons. The van der Waals surface area contributed by atoms with Crippen LogP contribution in [0.3, 0.4) is 0 Å². The van der Waals surface area contributed by atoms with Crippen molar-refractivity contribution in [1.29, 1.82) is 0 Å². The van der Waals surface area contributed by atoms with E-state index < -0.39 is 11.5 Å². The molecule has 0 aromatic carbocycles. The number of primary amides is 1. The van der Waals surface area contributed by atoms with Crippen molar-refractivity contribution < 1.29 is 14.3 Å². The van der Waals surface area contributed by atoms with E-state index in [4.69, 9.17) is 16.2 Å². The van der Waals surface area contributed by atoms with Crippen molar-refractivity contribution in [3.63, 3.8) is 0 Å². The Kier molecular flexibility index (Phi) is 2.88. The second kappa shape index (κ2) is 4.05. The highest BCUT2D eigenvalue weighted by atomic mass is 16.6. The monoisotopic (exact) mass is 226 g/mol. The summed E-state index contributed by atoms with van der Waals surface area (Å²) >= 11 is 0. The minimum absolute atomic E-state index is 0.100. The van der Waals surface area contributed by atoms with E-state index in [1.165, 1.54) is 0 Å². The molecule has 2 fully saturated rings. The van der Waals surface area contributed by atoms with Crippen LogP contribution in [0.2, 0.25) is 0 Å². The SMILES string of the molecule is NC(=O)C1(OC(=O)C2CCC(N)CC2)CC1. The van der Waals surface area contributed by atoms with Gasteiger partial charge in [-0.25, -0.2) is 0 Å². The first-order valence-electron chi connectivity index (χ1n) is 5.82. The summed E-state index contributed by atoms with van der Waals surface area (Å²) in [5, 5.41) is 0. The Bertz CT molecular complexity index is 304. The van der Waals surface area contributed by atoms with Gasteiger partial charge in [0.05, 0.1) is 5.92 Å². The number of carbonyl (C=O) groups excluding carboxylic acids is 2. The molecule has 16 heavy (non-hydrogen) atoms. The maximum absolute atomic E-state index is 11.8. The predicted octanol–water partition coefficient (Wildman–Crippen LogP) is 0.0650. The molecular weight excluding hydrogens is 208 g/mol. The minimum atomic E-state index is -0.976. The molecule has 5 nitrogen and oxygen atoms in total. The molecule has 0 aromatic rings. The van der Waals surface area contributed by atoms with E-state index in [0.29, 0.717) is 12.8 Å². The number of rotatable bonds is 3. The maximum Gasteiger partial charge on any atom is 0.309 e. The summed E-state index contributed by atoms with van der Waals surface area (Å²) in [6, 6.07) is 0.204. The van der Waals surface area contributed by atoms with Gasteiger partial charge in [-0.3, -0.25) is 9.59 Å². The first kappa shape index (κ1) is 11.4. The standard InChI is InChI=1S/C11H18N2O3/c12-8-3-1-7(2-4-8)9(14)16-11(5-6-11)10(13)15/h7-8H,1-6,12H2,(H2,13,15). The molecule has 0 bridgehead atoms. The Balaban J connectivity index is 1.87. The third-order valence-electron chi connectivity index (χ3n) is 3.55. The molecule has 0 aliphatic heterocycles. The van der Waals surface area contributed by atoms with Crippen LogP contribution in [0.1, 0.15) is 38.5 Å². The number of hydrogen-bond donors (Lipinski definition) is 2. The Morgan fingerprint density at radius 3 is 2.12 bits per heavy atom. The van der Waals surface area contributed by atoms with Gasteiger partial charge in [-0.2, -0.15) is 0 Å². The lowest BCUT2D eigenvalue weighted by atomic mass is 9.86. The lowest BCUT2D eigenvalue weighted by molar-refractivity contribution is -0.162. The Morgan fingerprint density at radius 2 is 1.69 bits per heavy atom. The third-order valence-corrected chi connectivity index (χ3v) is 3.55. The molecular formula is C11H18N2O3. The summed E-state index contributed by atoms with van der Waals surface area (Å²) in [6.45, 7) is 0. The van der Waals surface area contributed by atoms with Crippen molar-refractivity contribution in [2.24, 2.45) is 17.4 Å². The number of amides is 1. The second-order valence-corrected chi connectivity index (χ2v) is 4.89. The van der Waals surface area contributed by atoms with Crippen molar-refractivity contribution in [2.75, 3.05) is 0 Å². The number of hydrogen-bond acceptors (Lipinski definition) is 4. The van der Waals surface area contributed by atoms with Gasteiger partial charge in [0, 0.05) is 18.9 Å². The maximum atomic E-state index is 11.8. The fourth-order valence-electron chi connectivity index (χ4n) is 2.14. The summed E-state index contributed by atoms with van der Waals surface area (Å²) in [6.07, 6.45) is 4.36. The van der Waals surface area contributed by atoms with E-state index in [0.717, 1.165) is 25.7 Å². The quantitative estimate of drug-likeness (QED) is 0.665. The Morgan fingerprint density at radius 1 is 1.12 bits per heavy atom. The topological polar surface area (TPSA) is 95.4 Å². The van der Waals surface area contributed by atoms with Gasteiger partial charge < -0.3 is 16.2 Å². The van der Waals surface area contributed by atoms with Crippen LogP contribution in [0.5, 0.6) is 0 Å². The first-order chi connectivity index (χ1) is 7.53. The average Bonchev–Trinajstić information content (AvgIpc) is 3.00. The van der Waals surface area contributed by atoms with Gasteiger partial charge in [0.2, 0.25) is 0 Å². The van der Waals surface area contributed by atoms with Crippen LogP contribution in [-0.2, 0) is 14.3 Å². The molecule has 4 N–H and O–H groups in total. The fraction of sp³-hybridized carbons (Fsp3) is 0.818. The average molecular weight is 226 g/mol. The van der Waals surface area contributed by atoms with Gasteiger partial charge in [0.1, 0.15) is 0 Å². The molecule has 0 heterocycles. The lowest BCUT2D eigenvalue weighted by Crippen LogP contribution is -2.38. The van der Waals surface area contributed by atoms with E-state index >= 15 is 0 Å². The number of esters is 1. The molecule has 2 aliphatic carbocycles. The smallest absolute Gasteiger partial charge is 0.309 e. The summed E-state index contributed by atoms with van der Waals surface area (Å²) in [4.78, 5) is 22.9. The molecule has 0 atom stereocenters. The molecule has 90 valence electrons. The highest BCUT2D eigenvalue weighted by molar-refractivity contribution is 5.89. The van der Waals surface area contributed by atoms with Gasteiger partial charge in [-0.15, -0.1) is 0 Å². The van der Waals surface area contributed by atoms with Crippen LogP contribution in [0, 0.1) is 5.92 Å². The van der Waals surface area contributed by atoms with Gasteiger partial charge in [-0.1, -0.05) is 0 Å². The van der Waals surface area contributed by atoms with Crippen LogP contribution in [0.25, 0.3) is 0 Å². The molecule has 0 aromatic heterocycles. The molecule has 5 heteroatoms. The van der Waals surface area contributed by atoms with Crippen LogP contribution < -0.4 is 11.5 Å². The van der Waals surface area contributed by atoms with Crippen LogP contribution in [0.4, 0.5) is 0 Å². The van der Waals surface area contributed by atoms with Crippen molar-refractivity contribution in [2.45, 2.75) is 50.2 Å². The summed E-state index contributed by atoms with van der Waals surface area (Å²) < 4.78 is 5.23. The number of nitrogens with two attached hydrogens (primary N) is 2. The third kappa shape index (κ3) is 2.19. The van der Waals surface area contributed by atoms with E-state index in [1.807, 2.05) is 0 Å². The summed E-state index contributed by atoms with van der Waals surface area (Å²) in [5.41, 5.74) is 9.98. The predicted molar refractivity (Wildman–Crippen MR) is 57.2 cm³/mol. The highest BCUT2D eigenvalue weighted by Gasteiger charge is 2.53. The van der Waals surface area contributed by atoms with E-state index in [9.17, 15) is 9.59 Å². The van der Waals surface area contributed by atoms with Gasteiger partial charge >= 0.3 is 5.97 Å². The van der Waals surface area contributed by atoms with Crippen LogP contribution in [0.15, 0.2) is 0 Å². The summed E-state index contributed by atoms with van der Waals surface area (Å²) in [7, 11) is 0. The minimum Gasteiger partial charge on any atom is -0.449 e. The molecule has 2 aliphatic rings. The molecule has 1 amide bonds. The zero-order valence-electron chi connectivity index (χ0n) is 9.28. The highest BCUT2D eigenvalue weighted by Crippen LogP contribution is 2.40. The van der Waals surface area contributed by atoms with Crippen molar-refractivity contribution in [1.82, 2.24) is 0 Å². The van der Waals surface area contributed by atoms with E-state index in [-0.39, 0.29) is 17.9 Å². The zero-order chi connectivity index (χ0) is 11.8. The van der Waals surface area contributed by atoms with Gasteiger partial charge in [0.25, 0.3) is 5.91 Å². The van der Waals surface area contributed by atoms with E-state index in [2.05, 4.69) is 0 Å². The number of carbonyl (C=O) groups is 2. The van der Waals surface area contributed by atoms with Crippen molar-refractivity contribution in [3.05, 3.63) is 0 Å². The van der Waals surface area contributed by atoms with Crippen LogP contribution >= 0.6 is 0 Å². The Hall–Kier alpha value is -1.10. The van der Waals surface area contributed by atoms with Gasteiger partial charge in [0.15, 0.2) is 5.60 Å². The first-order valence-corrected chi connectivity index (χ1v) is 5.82. The normalized spacial score (nSPS) is 31.8. The van der Waals surface area contributed by atoms with Crippen molar-refractivity contribution >= 4 is 11.9 Å². The summed E-state index contributed by atoms with van der Waals surface area (Å²) in [5.74, 6) is -0.895. The lowest BCUT2D eigenvalue weighted by Gasteiger charge is -2.25. The second-order valence-electron chi connectivity index (χ2n) is 4.89. The molecule has 0 saturated heterocycles. The van der Waals surface area contributed by atoms with Gasteiger partial charge in [-0.05, 0) is 25.7 Å². The fourth-order valence-corrected chi connectivity index (χ4v) is 2.14. The molecule has 0 unspecified atom stereocenters. The Labute approximate surface area is 94.5 Å². The van der Waals surface area contributed by atoms with Crippen LogP contribution in [-0.4, -0.2) is 23.5 Å². The number of ether oxygens (including phenoxy) is 1. The largest absolute Gasteiger partial charge is 0.449 e. The molecule has 0 spiro atoms. The zero-order valence-corrected chi connectivity index (χ0v) is 9.28. The van der Waals surface area contributed by atoms with Crippen molar-refractivity contribution in [3.8, 4) is 0 Å². The van der Waals surface area contributed by atoms with E-state index in [1.54, 1.807) is 0 Å². The molecule has 2 saturated carbocycles.